The first-order valence-corrected chi connectivity index (χ1v) is 7.26. The molecule has 0 bridgehead atoms. The quantitative estimate of drug-likeness (QED) is 0.560. The molecule has 0 saturated carbocycles. The largest absolute Gasteiger partial charge is 0.370 e. The number of rotatable bonds is 2. The molecule has 0 aliphatic rings. The molecular formula is C19H14N4O. The molecule has 3 rings (SSSR count). The lowest BCUT2D eigenvalue weighted by molar-refractivity contribution is 0.100. The number of carbonyl (C=O) groups excluding carboxylic acids is 1. The number of carbonyl (C=O) groups is 1. The van der Waals surface area contributed by atoms with Crippen molar-refractivity contribution in [1.29, 1.82) is 5.26 Å². The van der Waals surface area contributed by atoms with Gasteiger partial charge in [0, 0.05) is 5.56 Å². The van der Waals surface area contributed by atoms with E-state index in [1.165, 1.54) is 0 Å². The third kappa shape index (κ3) is 2.94. The monoisotopic (exact) mass is 314 g/mol. The van der Waals surface area contributed by atoms with E-state index in [-0.39, 0.29) is 5.96 Å². The molecule has 0 heterocycles. The molecule has 0 saturated heterocycles. The van der Waals surface area contributed by atoms with Gasteiger partial charge in [0.25, 0.3) is 5.91 Å². The van der Waals surface area contributed by atoms with Gasteiger partial charge in [-0.2, -0.15) is 10.3 Å². The van der Waals surface area contributed by atoms with Crippen LogP contribution in [-0.2, 0) is 0 Å². The normalized spacial score (nSPS) is 10.1. The van der Waals surface area contributed by atoms with Crippen LogP contribution in [0.25, 0.3) is 21.9 Å². The van der Waals surface area contributed by atoms with E-state index < -0.39 is 5.91 Å². The van der Waals surface area contributed by atoms with Crippen LogP contribution in [0.15, 0.2) is 65.7 Å². The average molecular weight is 314 g/mol. The Morgan fingerprint density at radius 3 is 2.42 bits per heavy atom. The first-order valence-electron chi connectivity index (χ1n) is 7.26. The maximum atomic E-state index is 12.0. The number of nitriles is 1. The second-order valence-corrected chi connectivity index (χ2v) is 5.27. The van der Waals surface area contributed by atoms with Crippen LogP contribution < -0.4 is 11.5 Å². The van der Waals surface area contributed by atoms with Gasteiger partial charge in [-0.05, 0) is 46.2 Å². The fourth-order valence-corrected chi connectivity index (χ4v) is 2.56. The van der Waals surface area contributed by atoms with Crippen molar-refractivity contribution in [3.63, 3.8) is 0 Å². The summed E-state index contributed by atoms with van der Waals surface area (Å²) in [5.74, 6) is -0.744. The van der Waals surface area contributed by atoms with Gasteiger partial charge >= 0.3 is 0 Å². The SMILES string of the molecule is N#Cc1ccc(-c2cccc3ccc(C(=O)N=C(N)N)cc23)cc1. The number of benzene rings is 3. The van der Waals surface area contributed by atoms with E-state index in [4.69, 9.17) is 16.7 Å². The van der Waals surface area contributed by atoms with Crippen molar-refractivity contribution in [2.75, 3.05) is 0 Å². The van der Waals surface area contributed by atoms with E-state index in [1.54, 1.807) is 24.3 Å². The van der Waals surface area contributed by atoms with Gasteiger partial charge < -0.3 is 11.5 Å². The molecule has 24 heavy (non-hydrogen) atoms. The van der Waals surface area contributed by atoms with Crippen molar-refractivity contribution in [2.24, 2.45) is 16.5 Å². The van der Waals surface area contributed by atoms with E-state index in [2.05, 4.69) is 11.1 Å². The first kappa shape index (κ1) is 15.3. The van der Waals surface area contributed by atoms with E-state index in [0.29, 0.717) is 11.1 Å². The second kappa shape index (κ2) is 6.23. The number of amides is 1. The number of guanidine groups is 1. The number of fused-ring (bicyclic) bond motifs is 1. The minimum absolute atomic E-state index is 0.263. The Kier molecular flexibility index (Phi) is 3.96. The molecule has 3 aromatic rings. The van der Waals surface area contributed by atoms with Gasteiger partial charge in [0.2, 0.25) is 0 Å². The third-order valence-corrected chi connectivity index (χ3v) is 3.68. The van der Waals surface area contributed by atoms with Crippen LogP contribution in [0.4, 0.5) is 0 Å². The topological polar surface area (TPSA) is 105 Å². The lowest BCUT2D eigenvalue weighted by Gasteiger charge is -2.08. The van der Waals surface area contributed by atoms with Gasteiger partial charge in [-0.25, -0.2) is 0 Å². The number of hydrogen-bond acceptors (Lipinski definition) is 2. The number of aliphatic imine (C=N–C) groups is 1. The molecule has 1 amide bonds. The summed E-state index contributed by atoms with van der Waals surface area (Å²) in [5, 5.41) is 10.8. The van der Waals surface area contributed by atoms with E-state index in [1.807, 2.05) is 36.4 Å². The van der Waals surface area contributed by atoms with Crippen molar-refractivity contribution in [2.45, 2.75) is 0 Å². The van der Waals surface area contributed by atoms with Crippen molar-refractivity contribution >= 4 is 22.6 Å². The molecule has 0 unspecified atom stereocenters. The van der Waals surface area contributed by atoms with Gasteiger partial charge in [-0.15, -0.1) is 0 Å². The highest BCUT2D eigenvalue weighted by Crippen LogP contribution is 2.29. The summed E-state index contributed by atoms with van der Waals surface area (Å²) in [7, 11) is 0. The molecule has 5 heteroatoms. The van der Waals surface area contributed by atoms with Gasteiger partial charge in [-0.3, -0.25) is 4.79 Å². The zero-order valence-corrected chi connectivity index (χ0v) is 12.7. The lowest BCUT2D eigenvalue weighted by Crippen LogP contribution is -2.24. The van der Waals surface area contributed by atoms with Crippen LogP contribution >= 0.6 is 0 Å². The van der Waals surface area contributed by atoms with E-state index in [9.17, 15) is 4.79 Å². The minimum atomic E-state index is -0.480. The summed E-state index contributed by atoms with van der Waals surface area (Å²) in [6.07, 6.45) is 0. The highest BCUT2D eigenvalue weighted by molar-refractivity contribution is 6.06. The highest BCUT2D eigenvalue weighted by atomic mass is 16.1. The molecular weight excluding hydrogens is 300 g/mol. The Balaban J connectivity index is 2.16. The molecule has 0 aromatic heterocycles. The fraction of sp³-hybridized carbons (Fsp3) is 0. The van der Waals surface area contributed by atoms with Crippen LogP contribution in [0.3, 0.4) is 0 Å². The Morgan fingerprint density at radius 2 is 1.75 bits per heavy atom. The maximum absolute atomic E-state index is 12.0. The summed E-state index contributed by atoms with van der Waals surface area (Å²) in [5.41, 5.74) is 13.5. The first-order chi connectivity index (χ1) is 11.6. The number of nitrogens with two attached hydrogens (primary N) is 2. The van der Waals surface area contributed by atoms with Crippen molar-refractivity contribution in [3.05, 3.63) is 71.8 Å². The Bertz CT molecular complexity index is 994. The summed E-state index contributed by atoms with van der Waals surface area (Å²) in [4.78, 5) is 15.6. The van der Waals surface area contributed by atoms with Gasteiger partial charge in [0.1, 0.15) is 0 Å². The molecule has 0 aliphatic heterocycles. The summed E-state index contributed by atoms with van der Waals surface area (Å²) >= 11 is 0. The molecule has 3 aromatic carbocycles. The van der Waals surface area contributed by atoms with E-state index in [0.717, 1.165) is 21.9 Å². The van der Waals surface area contributed by atoms with Crippen LogP contribution in [-0.4, -0.2) is 11.9 Å². The van der Waals surface area contributed by atoms with Gasteiger partial charge in [-0.1, -0.05) is 36.4 Å². The molecule has 116 valence electrons. The number of hydrogen-bond donors (Lipinski definition) is 2. The van der Waals surface area contributed by atoms with Crippen molar-refractivity contribution in [3.8, 4) is 17.2 Å². The van der Waals surface area contributed by atoms with Gasteiger partial charge in [0.05, 0.1) is 11.6 Å². The Hall–Kier alpha value is -3.65. The van der Waals surface area contributed by atoms with Crippen molar-refractivity contribution < 1.29 is 4.79 Å². The van der Waals surface area contributed by atoms with Crippen LogP contribution in [0.5, 0.6) is 0 Å². The maximum Gasteiger partial charge on any atom is 0.280 e. The smallest absolute Gasteiger partial charge is 0.280 e. The predicted octanol–water partition coefficient (Wildman–Crippen LogP) is 2.79. The summed E-state index contributed by atoms with van der Waals surface area (Å²) in [6.45, 7) is 0. The number of nitrogens with zero attached hydrogens (tertiary/aromatic N) is 2. The zero-order valence-electron chi connectivity index (χ0n) is 12.7. The predicted molar refractivity (Wildman–Crippen MR) is 94.2 cm³/mol. The lowest BCUT2D eigenvalue weighted by atomic mass is 9.96. The van der Waals surface area contributed by atoms with Crippen LogP contribution in [0.2, 0.25) is 0 Å². The van der Waals surface area contributed by atoms with Crippen LogP contribution in [0.1, 0.15) is 15.9 Å². The summed E-state index contributed by atoms with van der Waals surface area (Å²) in [6, 6.07) is 20.6. The molecule has 0 fully saturated rings. The summed E-state index contributed by atoms with van der Waals surface area (Å²) < 4.78 is 0. The van der Waals surface area contributed by atoms with E-state index >= 15 is 0 Å². The molecule has 0 aliphatic carbocycles. The molecule has 4 N–H and O–H groups in total. The van der Waals surface area contributed by atoms with Crippen LogP contribution in [0, 0.1) is 11.3 Å². The third-order valence-electron chi connectivity index (χ3n) is 3.68. The molecule has 0 radical (unpaired) electrons. The fourth-order valence-electron chi connectivity index (χ4n) is 2.56. The highest BCUT2D eigenvalue weighted by Gasteiger charge is 2.09. The molecule has 0 spiro atoms. The zero-order chi connectivity index (χ0) is 17.1. The average Bonchev–Trinajstić information content (AvgIpc) is 2.60. The molecule has 0 atom stereocenters. The molecule has 5 nitrogen and oxygen atoms in total. The Labute approximate surface area is 138 Å². The second-order valence-electron chi connectivity index (χ2n) is 5.27. The standard InChI is InChI=1S/C19H14N4O/c20-11-12-4-6-14(7-5-12)16-3-1-2-13-8-9-15(10-17(13)16)18(24)23-19(21)22/h1-10H,(H4,21,22,23,24). The van der Waals surface area contributed by atoms with Gasteiger partial charge in [0.15, 0.2) is 5.96 Å². The minimum Gasteiger partial charge on any atom is -0.370 e. The Morgan fingerprint density at radius 1 is 1.00 bits per heavy atom. The van der Waals surface area contributed by atoms with Crippen molar-refractivity contribution in [1.82, 2.24) is 0 Å².